The molecule has 0 aliphatic carbocycles. The van der Waals surface area contributed by atoms with Crippen molar-refractivity contribution < 1.29 is 47.6 Å². The molecule has 1 aromatic heterocycles. The Hall–Kier alpha value is -0.680. The molecule has 2 aromatic rings. The van der Waals surface area contributed by atoms with E-state index in [-0.39, 0.29) is 57.2 Å². The second-order valence-electron chi connectivity index (χ2n) is 3.52. The Kier molecular flexibility index (Phi) is 5.78. The van der Waals surface area contributed by atoms with Gasteiger partial charge in [0.05, 0.1) is 16.1 Å². The van der Waals surface area contributed by atoms with Crippen LogP contribution >= 0.6 is 23.2 Å². The number of phenols is 1. The molecule has 0 saturated carbocycles. The van der Waals surface area contributed by atoms with E-state index in [2.05, 4.69) is 15.0 Å². The number of benzene rings is 1. The van der Waals surface area contributed by atoms with Crippen LogP contribution in [0.15, 0.2) is 17.0 Å². The van der Waals surface area contributed by atoms with E-state index in [4.69, 9.17) is 28.9 Å². The second-order valence-corrected chi connectivity index (χ2v) is 5.55. The first-order valence-corrected chi connectivity index (χ1v) is 7.01. The van der Waals surface area contributed by atoms with Crippen LogP contribution in [-0.2, 0) is 10.1 Å². The van der Waals surface area contributed by atoms with Crippen molar-refractivity contribution in [1.29, 1.82) is 0 Å². The molecule has 0 saturated heterocycles. The summed E-state index contributed by atoms with van der Waals surface area (Å²) < 4.78 is 33.7. The maximum Gasteiger partial charge on any atom is 1.00 e. The molecule has 1 aromatic carbocycles. The molecule has 12 heteroatoms. The van der Waals surface area contributed by atoms with Gasteiger partial charge < -0.3 is 15.4 Å². The number of aromatic hydroxyl groups is 1. The van der Waals surface area contributed by atoms with Crippen LogP contribution in [-0.4, -0.2) is 33.0 Å². The van der Waals surface area contributed by atoms with Crippen molar-refractivity contribution in [3.8, 4) is 17.1 Å². The number of rotatable bonds is 2. The third-order valence-electron chi connectivity index (χ3n) is 2.26. The van der Waals surface area contributed by atoms with Gasteiger partial charge in [-0.3, -0.25) is 0 Å². The molecular formula is C9H5Cl2N4NaO4S. The van der Waals surface area contributed by atoms with Gasteiger partial charge in [0.2, 0.25) is 10.6 Å². The van der Waals surface area contributed by atoms with Crippen molar-refractivity contribution in [2.24, 2.45) is 0 Å². The zero-order valence-corrected chi connectivity index (χ0v) is 14.7. The SMILES string of the molecule is Nc1c(O)ccc(S(=O)(=O)[O-])c1-c1nc(Cl)nc(Cl)n1.[Na+]. The molecule has 106 valence electrons. The van der Waals surface area contributed by atoms with Gasteiger partial charge in [0.15, 0.2) is 5.82 Å². The van der Waals surface area contributed by atoms with Gasteiger partial charge in [-0.2, -0.15) is 15.0 Å². The molecule has 1 heterocycles. The Morgan fingerprint density at radius 3 is 2.14 bits per heavy atom. The van der Waals surface area contributed by atoms with E-state index in [1.807, 2.05) is 0 Å². The van der Waals surface area contributed by atoms with E-state index in [0.717, 1.165) is 12.1 Å². The first-order chi connectivity index (χ1) is 9.20. The third kappa shape index (κ3) is 3.95. The number of nitrogens with zero attached hydrogens (tertiary/aromatic N) is 3. The fourth-order valence-electron chi connectivity index (χ4n) is 1.47. The summed E-state index contributed by atoms with van der Waals surface area (Å²) in [6, 6.07) is 1.85. The molecule has 0 bridgehead atoms. The van der Waals surface area contributed by atoms with Crippen LogP contribution in [0, 0.1) is 0 Å². The van der Waals surface area contributed by atoms with E-state index in [0.29, 0.717) is 0 Å². The number of anilines is 1. The van der Waals surface area contributed by atoms with Gasteiger partial charge in [-0.1, -0.05) is 0 Å². The Morgan fingerprint density at radius 2 is 1.67 bits per heavy atom. The van der Waals surface area contributed by atoms with E-state index < -0.39 is 20.8 Å². The maximum absolute atomic E-state index is 11.2. The Labute approximate surface area is 151 Å². The average Bonchev–Trinajstić information content (AvgIpc) is 2.29. The van der Waals surface area contributed by atoms with Gasteiger partial charge in [-0.25, -0.2) is 8.42 Å². The Bertz CT molecular complexity index is 782. The number of aromatic nitrogens is 3. The molecule has 0 unspecified atom stereocenters. The van der Waals surface area contributed by atoms with Crippen molar-refractivity contribution in [3.05, 3.63) is 22.7 Å². The second kappa shape index (κ2) is 6.61. The zero-order chi connectivity index (χ0) is 15.1. The van der Waals surface area contributed by atoms with Gasteiger partial charge in [0, 0.05) is 0 Å². The van der Waals surface area contributed by atoms with Crippen molar-refractivity contribution in [3.63, 3.8) is 0 Å². The summed E-state index contributed by atoms with van der Waals surface area (Å²) in [6.07, 6.45) is 0. The minimum Gasteiger partial charge on any atom is -0.744 e. The van der Waals surface area contributed by atoms with Gasteiger partial charge >= 0.3 is 29.6 Å². The summed E-state index contributed by atoms with van der Waals surface area (Å²) in [6.45, 7) is 0. The van der Waals surface area contributed by atoms with Crippen LogP contribution in [0.4, 0.5) is 5.69 Å². The first-order valence-electron chi connectivity index (χ1n) is 4.85. The minimum absolute atomic E-state index is 0. The van der Waals surface area contributed by atoms with Crippen LogP contribution in [0.25, 0.3) is 11.4 Å². The van der Waals surface area contributed by atoms with Gasteiger partial charge in [0.25, 0.3) is 0 Å². The molecule has 0 amide bonds. The normalized spacial score (nSPS) is 11.0. The Balaban J connectivity index is 0.00000220. The van der Waals surface area contributed by atoms with Crippen LogP contribution in [0.3, 0.4) is 0 Å². The van der Waals surface area contributed by atoms with Crippen LogP contribution < -0.4 is 35.3 Å². The van der Waals surface area contributed by atoms with E-state index in [1.165, 1.54) is 0 Å². The molecule has 0 atom stereocenters. The maximum atomic E-state index is 11.2. The summed E-state index contributed by atoms with van der Waals surface area (Å²) in [4.78, 5) is 10.1. The zero-order valence-electron chi connectivity index (χ0n) is 10.4. The van der Waals surface area contributed by atoms with E-state index >= 15 is 0 Å². The number of phenolic OH excluding ortho intramolecular Hbond substituents is 1. The number of nitrogen functional groups attached to an aromatic ring is 1. The van der Waals surface area contributed by atoms with Gasteiger partial charge in [-0.05, 0) is 35.3 Å². The first kappa shape index (κ1) is 18.4. The quantitative estimate of drug-likeness (QED) is 0.272. The van der Waals surface area contributed by atoms with Crippen molar-refractivity contribution in [2.75, 3.05) is 5.73 Å². The fourth-order valence-corrected chi connectivity index (χ4v) is 2.51. The van der Waals surface area contributed by atoms with Crippen LogP contribution in [0.1, 0.15) is 0 Å². The summed E-state index contributed by atoms with van der Waals surface area (Å²) in [7, 11) is -4.87. The predicted octanol–water partition coefficient (Wildman–Crippen LogP) is -1.96. The molecule has 21 heavy (non-hydrogen) atoms. The monoisotopic (exact) mass is 358 g/mol. The summed E-state index contributed by atoms with van der Waals surface area (Å²) >= 11 is 11.2. The number of halogens is 2. The topological polar surface area (TPSA) is 142 Å². The predicted molar refractivity (Wildman–Crippen MR) is 69.3 cm³/mol. The average molecular weight is 359 g/mol. The summed E-state index contributed by atoms with van der Waals surface area (Å²) in [5.74, 6) is -0.780. The molecule has 0 fully saturated rings. The van der Waals surface area contributed by atoms with E-state index in [1.54, 1.807) is 0 Å². The molecule has 0 aliphatic heterocycles. The number of hydrogen-bond acceptors (Lipinski definition) is 8. The fraction of sp³-hybridized carbons (Fsp3) is 0. The smallest absolute Gasteiger partial charge is 0.744 e. The summed E-state index contributed by atoms with van der Waals surface area (Å²) in [5.41, 5.74) is 4.80. The van der Waals surface area contributed by atoms with Gasteiger partial charge in [0.1, 0.15) is 15.9 Å². The molecule has 0 aliphatic rings. The van der Waals surface area contributed by atoms with E-state index in [9.17, 15) is 18.1 Å². The Morgan fingerprint density at radius 1 is 1.14 bits per heavy atom. The third-order valence-corrected chi connectivity index (χ3v) is 3.47. The molecular weight excluding hydrogens is 354 g/mol. The standard InChI is InChI=1S/C9H6Cl2N4O4S.Na/c10-8-13-7(14-9(11)15-8)5-4(20(17,18)19)2-1-3(16)6(5)12;/h1-2,16H,12H2,(H,17,18,19);/q;+1/p-1. The largest absolute Gasteiger partial charge is 1.00 e. The number of hydrogen-bond donors (Lipinski definition) is 2. The molecule has 0 radical (unpaired) electrons. The molecule has 3 N–H and O–H groups in total. The van der Waals surface area contributed by atoms with Crippen molar-refractivity contribution >= 4 is 39.0 Å². The van der Waals surface area contributed by atoms with Crippen LogP contribution in [0.2, 0.25) is 10.6 Å². The number of nitrogens with two attached hydrogens (primary N) is 1. The molecule has 0 spiro atoms. The molecule has 2 rings (SSSR count). The van der Waals surface area contributed by atoms with Crippen LogP contribution in [0.5, 0.6) is 5.75 Å². The minimum atomic E-state index is -4.87. The molecule has 8 nitrogen and oxygen atoms in total. The van der Waals surface area contributed by atoms with Crippen molar-refractivity contribution in [2.45, 2.75) is 4.90 Å². The summed E-state index contributed by atoms with van der Waals surface area (Å²) in [5, 5.41) is 8.89. The van der Waals surface area contributed by atoms with Crippen molar-refractivity contribution in [1.82, 2.24) is 15.0 Å². The van der Waals surface area contributed by atoms with Gasteiger partial charge in [-0.15, -0.1) is 0 Å².